The van der Waals surface area contributed by atoms with Crippen LogP contribution in [0.2, 0.25) is 5.02 Å². The summed E-state index contributed by atoms with van der Waals surface area (Å²) in [7, 11) is 0. The van der Waals surface area contributed by atoms with Gasteiger partial charge in [-0.25, -0.2) is 0 Å². The first kappa shape index (κ1) is 19.2. The van der Waals surface area contributed by atoms with Crippen molar-refractivity contribution in [3.05, 3.63) is 72.0 Å². The predicted octanol–water partition coefficient (Wildman–Crippen LogP) is 5.71. The quantitative estimate of drug-likeness (QED) is 0.367. The van der Waals surface area contributed by atoms with Crippen LogP contribution >= 0.6 is 35.1 Å². The van der Waals surface area contributed by atoms with E-state index in [9.17, 15) is 4.79 Å². The molecule has 3 heterocycles. The number of carbonyl (C=O) groups is 1. The number of carbonyl (C=O) groups excluding carboxylic acids is 1. The van der Waals surface area contributed by atoms with Crippen LogP contribution in [0.4, 0.5) is 11.4 Å². The number of thioether (sulfide) groups is 1. The standard InChI is InChI=1S/C21H13ClN4O2S2/c22-14-5-6-18-16(11-14)26(15-3-1-2-4-17(15)30-18)19(27)12-29-21-25-24-20(28-21)13-7-9-23-10-8-13/h1-11H,12H2. The number of hydrogen-bond donors (Lipinski definition) is 0. The average Bonchev–Trinajstić information content (AvgIpc) is 3.26. The number of aromatic nitrogens is 3. The van der Waals surface area contributed by atoms with Gasteiger partial charge in [-0.1, -0.05) is 47.3 Å². The molecule has 0 atom stereocenters. The summed E-state index contributed by atoms with van der Waals surface area (Å²) in [6.07, 6.45) is 3.31. The molecule has 2 aromatic heterocycles. The number of para-hydroxylation sites is 1. The lowest BCUT2D eigenvalue weighted by Crippen LogP contribution is -2.30. The third-order valence-electron chi connectivity index (χ3n) is 4.39. The van der Waals surface area contributed by atoms with Gasteiger partial charge in [-0.3, -0.25) is 14.7 Å². The summed E-state index contributed by atoms with van der Waals surface area (Å²) in [5.74, 6) is 0.437. The van der Waals surface area contributed by atoms with Gasteiger partial charge in [0, 0.05) is 32.8 Å². The summed E-state index contributed by atoms with van der Waals surface area (Å²) < 4.78 is 5.68. The van der Waals surface area contributed by atoms with Crippen LogP contribution in [-0.4, -0.2) is 26.8 Å². The lowest BCUT2D eigenvalue weighted by molar-refractivity contribution is -0.115. The van der Waals surface area contributed by atoms with Gasteiger partial charge in [-0.2, -0.15) is 0 Å². The van der Waals surface area contributed by atoms with Crippen LogP contribution < -0.4 is 4.90 Å². The van der Waals surface area contributed by atoms with Crippen molar-refractivity contribution >= 4 is 52.4 Å². The first-order chi connectivity index (χ1) is 14.7. The van der Waals surface area contributed by atoms with Crippen molar-refractivity contribution in [2.24, 2.45) is 0 Å². The van der Waals surface area contributed by atoms with Crippen molar-refractivity contribution in [2.75, 3.05) is 10.7 Å². The van der Waals surface area contributed by atoms with Gasteiger partial charge >= 0.3 is 0 Å². The van der Waals surface area contributed by atoms with Crippen molar-refractivity contribution in [3.63, 3.8) is 0 Å². The summed E-state index contributed by atoms with van der Waals surface area (Å²) >= 11 is 9.04. The minimum absolute atomic E-state index is 0.0973. The highest BCUT2D eigenvalue weighted by Crippen LogP contribution is 2.49. The van der Waals surface area contributed by atoms with Gasteiger partial charge in [0.05, 0.1) is 17.1 Å². The molecule has 0 saturated heterocycles. The maximum absolute atomic E-state index is 13.2. The second kappa shape index (κ2) is 8.14. The largest absolute Gasteiger partial charge is 0.411 e. The fraction of sp³-hybridized carbons (Fsp3) is 0.0476. The molecule has 9 heteroatoms. The smallest absolute Gasteiger partial charge is 0.277 e. The second-order valence-corrected chi connectivity index (χ2v) is 8.76. The number of halogens is 1. The Hall–Kier alpha value is -2.81. The molecule has 6 nitrogen and oxygen atoms in total. The number of fused-ring (bicyclic) bond motifs is 2. The first-order valence-electron chi connectivity index (χ1n) is 8.95. The van der Waals surface area contributed by atoms with Crippen LogP contribution in [0.1, 0.15) is 0 Å². The summed E-state index contributed by atoms with van der Waals surface area (Å²) in [6, 6.07) is 17.0. The zero-order valence-corrected chi connectivity index (χ0v) is 17.7. The molecule has 0 saturated carbocycles. The fourth-order valence-corrected chi connectivity index (χ4v) is 4.88. The highest BCUT2D eigenvalue weighted by Gasteiger charge is 2.28. The minimum atomic E-state index is -0.0973. The Morgan fingerprint density at radius 2 is 1.83 bits per heavy atom. The predicted molar refractivity (Wildman–Crippen MR) is 117 cm³/mol. The number of pyridine rings is 1. The van der Waals surface area contributed by atoms with Gasteiger partial charge in [0.1, 0.15) is 0 Å². The van der Waals surface area contributed by atoms with Crippen LogP contribution in [0.15, 0.2) is 86.4 Å². The van der Waals surface area contributed by atoms with E-state index in [1.807, 2.05) is 42.5 Å². The Morgan fingerprint density at radius 3 is 2.70 bits per heavy atom. The Balaban J connectivity index is 1.39. The van der Waals surface area contributed by atoms with Gasteiger partial charge in [-0.15, -0.1) is 10.2 Å². The molecule has 1 amide bonds. The molecular formula is C21H13ClN4O2S2. The lowest BCUT2D eigenvalue weighted by atomic mass is 10.2. The van der Waals surface area contributed by atoms with E-state index in [1.165, 1.54) is 11.8 Å². The normalized spacial score (nSPS) is 12.4. The van der Waals surface area contributed by atoms with E-state index >= 15 is 0 Å². The van der Waals surface area contributed by atoms with Crippen LogP contribution in [0.5, 0.6) is 0 Å². The Labute approximate surface area is 185 Å². The molecule has 5 rings (SSSR count). The summed E-state index contributed by atoms with van der Waals surface area (Å²) in [5.41, 5.74) is 2.40. The Kier molecular flexibility index (Phi) is 5.20. The van der Waals surface area contributed by atoms with E-state index in [0.717, 1.165) is 26.7 Å². The van der Waals surface area contributed by atoms with Crippen molar-refractivity contribution in [1.82, 2.24) is 15.2 Å². The van der Waals surface area contributed by atoms with Crippen molar-refractivity contribution in [2.45, 2.75) is 15.0 Å². The van der Waals surface area contributed by atoms with Crippen LogP contribution in [0.3, 0.4) is 0 Å². The van der Waals surface area contributed by atoms with Crippen LogP contribution in [0.25, 0.3) is 11.5 Å². The maximum Gasteiger partial charge on any atom is 0.277 e. The molecule has 2 aromatic carbocycles. The zero-order valence-electron chi connectivity index (χ0n) is 15.4. The minimum Gasteiger partial charge on any atom is -0.411 e. The summed E-state index contributed by atoms with van der Waals surface area (Å²) in [5, 5.41) is 9.01. The molecule has 0 aliphatic carbocycles. The third kappa shape index (κ3) is 3.69. The monoisotopic (exact) mass is 452 g/mol. The molecule has 0 bridgehead atoms. The van der Waals surface area contributed by atoms with E-state index in [1.54, 1.807) is 41.2 Å². The topological polar surface area (TPSA) is 72.1 Å². The SMILES string of the molecule is O=C(CSc1nnc(-c2ccncc2)o1)N1c2ccccc2Sc2ccc(Cl)cc21. The molecule has 0 unspecified atom stereocenters. The van der Waals surface area contributed by atoms with Gasteiger partial charge in [-0.05, 0) is 42.5 Å². The molecule has 0 spiro atoms. The highest BCUT2D eigenvalue weighted by atomic mass is 35.5. The molecular weight excluding hydrogens is 440 g/mol. The highest BCUT2D eigenvalue weighted by molar-refractivity contribution is 8.00. The van der Waals surface area contributed by atoms with E-state index in [-0.39, 0.29) is 11.7 Å². The first-order valence-corrected chi connectivity index (χ1v) is 11.1. The van der Waals surface area contributed by atoms with Gasteiger partial charge in [0.25, 0.3) is 5.22 Å². The van der Waals surface area contributed by atoms with Crippen LogP contribution in [0, 0.1) is 0 Å². The molecule has 4 aromatic rings. The molecule has 1 aliphatic rings. The number of rotatable bonds is 4. The van der Waals surface area contributed by atoms with Crippen molar-refractivity contribution in [1.29, 1.82) is 0 Å². The molecule has 0 radical (unpaired) electrons. The number of hydrogen-bond acceptors (Lipinski definition) is 7. The van der Waals surface area contributed by atoms with Gasteiger partial charge in [0.15, 0.2) is 0 Å². The molecule has 1 aliphatic heterocycles. The van der Waals surface area contributed by atoms with Crippen molar-refractivity contribution < 1.29 is 9.21 Å². The fourth-order valence-electron chi connectivity index (χ4n) is 3.06. The molecule has 30 heavy (non-hydrogen) atoms. The third-order valence-corrected chi connectivity index (χ3v) is 6.56. The van der Waals surface area contributed by atoms with Gasteiger partial charge in [0.2, 0.25) is 11.8 Å². The average molecular weight is 453 g/mol. The van der Waals surface area contributed by atoms with Crippen molar-refractivity contribution in [3.8, 4) is 11.5 Å². The van der Waals surface area contributed by atoms with E-state index in [4.69, 9.17) is 16.0 Å². The number of benzene rings is 2. The lowest BCUT2D eigenvalue weighted by Gasteiger charge is -2.31. The summed E-state index contributed by atoms with van der Waals surface area (Å²) in [4.78, 5) is 20.9. The molecule has 148 valence electrons. The Morgan fingerprint density at radius 1 is 1.03 bits per heavy atom. The number of nitrogens with zero attached hydrogens (tertiary/aromatic N) is 4. The second-order valence-electron chi connectivity index (χ2n) is 6.31. The maximum atomic E-state index is 13.2. The molecule has 0 fully saturated rings. The summed E-state index contributed by atoms with van der Waals surface area (Å²) in [6.45, 7) is 0. The zero-order chi connectivity index (χ0) is 20.5. The van der Waals surface area contributed by atoms with E-state index in [0.29, 0.717) is 16.1 Å². The van der Waals surface area contributed by atoms with E-state index < -0.39 is 0 Å². The molecule has 0 N–H and O–H groups in total. The van der Waals surface area contributed by atoms with E-state index in [2.05, 4.69) is 15.2 Å². The number of amides is 1. The van der Waals surface area contributed by atoms with Crippen LogP contribution in [-0.2, 0) is 4.79 Å². The number of anilines is 2. The Bertz CT molecular complexity index is 1230. The van der Waals surface area contributed by atoms with Gasteiger partial charge < -0.3 is 4.42 Å².